The minimum atomic E-state index is -0.419. The van der Waals surface area contributed by atoms with E-state index in [0.717, 1.165) is 12.8 Å². The minimum absolute atomic E-state index is 0.153. The van der Waals surface area contributed by atoms with Crippen molar-refractivity contribution in [2.75, 3.05) is 0 Å². The van der Waals surface area contributed by atoms with Gasteiger partial charge < -0.3 is 0 Å². The van der Waals surface area contributed by atoms with E-state index < -0.39 is 5.82 Å². The third-order valence-electron chi connectivity index (χ3n) is 4.20. The Hall–Kier alpha value is -1.97. The van der Waals surface area contributed by atoms with E-state index >= 15 is 0 Å². The normalized spacial score (nSPS) is 15.5. The van der Waals surface area contributed by atoms with Crippen molar-refractivity contribution in [2.24, 2.45) is 0 Å². The molecular formula is C17H19FN2O. The molecule has 0 unspecified atom stereocenters. The highest BCUT2D eigenvalue weighted by molar-refractivity contribution is 5.97. The van der Waals surface area contributed by atoms with Gasteiger partial charge in [0.1, 0.15) is 5.82 Å². The lowest BCUT2D eigenvalue weighted by Gasteiger charge is -2.08. The molecule has 0 atom stereocenters. The molecule has 1 fully saturated rings. The largest absolute Gasteiger partial charge is 0.294 e. The zero-order valence-corrected chi connectivity index (χ0v) is 12.2. The maximum Gasteiger partial charge on any atom is 0.171 e. The predicted octanol–water partition coefficient (Wildman–Crippen LogP) is 3.87. The number of rotatable bonds is 4. The number of benzene rings is 1. The third-order valence-corrected chi connectivity index (χ3v) is 4.20. The lowest BCUT2D eigenvalue weighted by Crippen LogP contribution is -2.09. The fourth-order valence-electron chi connectivity index (χ4n) is 2.97. The van der Waals surface area contributed by atoms with E-state index in [1.165, 1.54) is 12.8 Å². The lowest BCUT2D eigenvalue weighted by molar-refractivity contribution is 0.0987. The Morgan fingerprint density at radius 1 is 1.33 bits per heavy atom. The van der Waals surface area contributed by atoms with E-state index in [2.05, 4.69) is 5.10 Å². The minimum Gasteiger partial charge on any atom is -0.294 e. The standard InChI is InChI=1S/C17H19FN2O/c1-12-5-4-8-15(17(12)18)16(21)11-13-9-10-20(19-13)14-6-2-3-7-14/h4-5,8-10,14H,2-3,6-7,11H2,1H3. The van der Waals surface area contributed by atoms with E-state index in [1.807, 2.05) is 16.9 Å². The Morgan fingerprint density at radius 3 is 2.86 bits per heavy atom. The van der Waals surface area contributed by atoms with Gasteiger partial charge >= 0.3 is 0 Å². The molecule has 110 valence electrons. The van der Waals surface area contributed by atoms with E-state index in [9.17, 15) is 9.18 Å². The number of hydrogen-bond donors (Lipinski definition) is 0. The van der Waals surface area contributed by atoms with Crippen LogP contribution in [0.3, 0.4) is 0 Å². The van der Waals surface area contributed by atoms with Crippen molar-refractivity contribution in [1.82, 2.24) is 9.78 Å². The highest BCUT2D eigenvalue weighted by Gasteiger charge is 2.19. The molecule has 1 heterocycles. The van der Waals surface area contributed by atoms with Gasteiger partial charge in [0.15, 0.2) is 5.78 Å². The quantitative estimate of drug-likeness (QED) is 0.800. The first-order chi connectivity index (χ1) is 10.1. The third kappa shape index (κ3) is 2.89. The number of carbonyl (C=O) groups is 1. The van der Waals surface area contributed by atoms with Crippen LogP contribution < -0.4 is 0 Å². The van der Waals surface area contributed by atoms with Gasteiger partial charge in [0.2, 0.25) is 0 Å². The molecule has 1 aliphatic rings. The molecule has 1 aromatic heterocycles. The summed E-state index contributed by atoms with van der Waals surface area (Å²) in [7, 11) is 0. The van der Waals surface area contributed by atoms with E-state index in [1.54, 1.807) is 25.1 Å². The van der Waals surface area contributed by atoms with Gasteiger partial charge in [-0.3, -0.25) is 9.48 Å². The van der Waals surface area contributed by atoms with E-state index in [-0.39, 0.29) is 17.8 Å². The average Bonchev–Trinajstić information content (AvgIpc) is 3.12. The maximum absolute atomic E-state index is 14.0. The molecule has 3 nitrogen and oxygen atoms in total. The highest BCUT2D eigenvalue weighted by atomic mass is 19.1. The van der Waals surface area contributed by atoms with Crippen molar-refractivity contribution in [3.05, 3.63) is 53.1 Å². The number of carbonyl (C=O) groups excluding carboxylic acids is 1. The summed E-state index contributed by atoms with van der Waals surface area (Å²) in [5.41, 5.74) is 1.37. The van der Waals surface area contributed by atoms with Crippen LogP contribution in [0.5, 0.6) is 0 Å². The summed E-state index contributed by atoms with van der Waals surface area (Å²) in [6.07, 6.45) is 6.88. The Kier molecular flexibility index (Phi) is 3.86. The molecule has 0 radical (unpaired) electrons. The van der Waals surface area contributed by atoms with E-state index in [4.69, 9.17) is 0 Å². The molecule has 4 heteroatoms. The number of aryl methyl sites for hydroxylation is 1. The van der Waals surface area contributed by atoms with Crippen LogP contribution in [-0.4, -0.2) is 15.6 Å². The number of halogens is 1. The molecule has 0 bridgehead atoms. The van der Waals surface area contributed by atoms with Gasteiger partial charge in [-0.1, -0.05) is 25.0 Å². The maximum atomic E-state index is 14.0. The first kappa shape index (κ1) is 14.0. The topological polar surface area (TPSA) is 34.9 Å². The molecule has 1 saturated carbocycles. The molecule has 0 aliphatic heterocycles. The van der Waals surface area contributed by atoms with Gasteiger partial charge in [0.25, 0.3) is 0 Å². The van der Waals surface area contributed by atoms with Gasteiger partial charge in [-0.05, 0) is 37.5 Å². The Morgan fingerprint density at radius 2 is 2.10 bits per heavy atom. The molecule has 2 aromatic rings. The SMILES string of the molecule is Cc1cccc(C(=O)Cc2ccn(C3CCCC3)n2)c1F. The Labute approximate surface area is 123 Å². The van der Waals surface area contributed by atoms with Crippen molar-refractivity contribution >= 4 is 5.78 Å². The molecule has 3 rings (SSSR count). The number of aromatic nitrogens is 2. The summed E-state index contributed by atoms with van der Waals surface area (Å²) < 4.78 is 15.9. The van der Waals surface area contributed by atoms with Crippen LogP contribution in [0.25, 0.3) is 0 Å². The number of Topliss-reactive ketones (excluding diaryl/α,β-unsaturated/α-hetero) is 1. The Balaban J connectivity index is 1.74. The number of hydrogen-bond acceptors (Lipinski definition) is 2. The van der Waals surface area contributed by atoms with Crippen LogP contribution in [0.1, 0.15) is 53.3 Å². The number of nitrogens with zero attached hydrogens (tertiary/aromatic N) is 2. The number of ketones is 1. The first-order valence-corrected chi connectivity index (χ1v) is 7.47. The fraction of sp³-hybridized carbons (Fsp3) is 0.412. The van der Waals surface area contributed by atoms with Gasteiger partial charge in [-0.2, -0.15) is 5.10 Å². The van der Waals surface area contributed by atoms with Crippen LogP contribution in [0, 0.1) is 12.7 Å². The second kappa shape index (κ2) is 5.80. The zero-order valence-electron chi connectivity index (χ0n) is 12.2. The van der Waals surface area contributed by atoms with E-state index in [0.29, 0.717) is 17.3 Å². The smallest absolute Gasteiger partial charge is 0.171 e. The highest BCUT2D eigenvalue weighted by Crippen LogP contribution is 2.28. The summed E-state index contributed by atoms with van der Waals surface area (Å²) in [6, 6.07) is 7.25. The second-order valence-corrected chi connectivity index (χ2v) is 5.76. The second-order valence-electron chi connectivity index (χ2n) is 5.76. The zero-order chi connectivity index (χ0) is 14.8. The van der Waals surface area contributed by atoms with Crippen molar-refractivity contribution in [3.63, 3.8) is 0 Å². The summed E-state index contributed by atoms with van der Waals surface area (Å²) in [6.45, 7) is 1.67. The molecule has 21 heavy (non-hydrogen) atoms. The molecule has 0 saturated heterocycles. The lowest BCUT2D eigenvalue weighted by atomic mass is 10.0. The Bertz CT molecular complexity index is 657. The van der Waals surface area contributed by atoms with Crippen molar-refractivity contribution in [3.8, 4) is 0 Å². The summed E-state index contributed by atoms with van der Waals surface area (Å²) in [5.74, 6) is -0.634. The van der Waals surface area contributed by atoms with Crippen molar-refractivity contribution < 1.29 is 9.18 Å². The van der Waals surface area contributed by atoms with Crippen LogP contribution >= 0.6 is 0 Å². The molecule has 0 amide bonds. The molecular weight excluding hydrogens is 267 g/mol. The molecule has 0 spiro atoms. The first-order valence-electron chi connectivity index (χ1n) is 7.47. The van der Waals surface area contributed by atoms with Crippen LogP contribution in [0.2, 0.25) is 0 Å². The predicted molar refractivity (Wildman–Crippen MR) is 78.9 cm³/mol. The molecule has 1 aromatic carbocycles. The van der Waals surface area contributed by atoms with Crippen molar-refractivity contribution in [2.45, 2.75) is 45.1 Å². The van der Waals surface area contributed by atoms with Crippen LogP contribution in [0.4, 0.5) is 4.39 Å². The summed E-state index contributed by atoms with van der Waals surface area (Å²) >= 11 is 0. The van der Waals surface area contributed by atoms with Gasteiger partial charge in [-0.25, -0.2) is 4.39 Å². The summed E-state index contributed by atoms with van der Waals surface area (Å²) in [4.78, 5) is 12.2. The average molecular weight is 286 g/mol. The van der Waals surface area contributed by atoms with Crippen molar-refractivity contribution in [1.29, 1.82) is 0 Å². The fourth-order valence-corrected chi connectivity index (χ4v) is 2.97. The van der Waals surface area contributed by atoms with Gasteiger partial charge in [0, 0.05) is 6.20 Å². The molecule has 0 N–H and O–H groups in total. The molecule has 1 aliphatic carbocycles. The van der Waals surface area contributed by atoms with Crippen LogP contribution in [-0.2, 0) is 6.42 Å². The monoisotopic (exact) mass is 286 g/mol. The van der Waals surface area contributed by atoms with Gasteiger partial charge in [0.05, 0.1) is 23.7 Å². The summed E-state index contributed by atoms with van der Waals surface area (Å²) in [5, 5.41) is 4.48. The van der Waals surface area contributed by atoms with Gasteiger partial charge in [-0.15, -0.1) is 0 Å². The van der Waals surface area contributed by atoms with Crippen LogP contribution in [0.15, 0.2) is 30.5 Å².